The summed E-state index contributed by atoms with van der Waals surface area (Å²) in [6, 6.07) is 9.00. The summed E-state index contributed by atoms with van der Waals surface area (Å²) in [4.78, 5) is 0. The van der Waals surface area contributed by atoms with Crippen molar-refractivity contribution in [3.8, 4) is 0 Å². The van der Waals surface area contributed by atoms with Crippen molar-refractivity contribution in [1.29, 1.82) is 0 Å². The van der Waals surface area contributed by atoms with Gasteiger partial charge in [0, 0.05) is 6.61 Å². The molecular formula is C16H23NO2. The number of benzene rings is 1. The van der Waals surface area contributed by atoms with Crippen molar-refractivity contribution in [3.05, 3.63) is 35.4 Å². The van der Waals surface area contributed by atoms with Crippen LogP contribution in [0.2, 0.25) is 0 Å². The number of rotatable bonds is 4. The summed E-state index contributed by atoms with van der Waals surface area (Å²) >= 11 is 0. The smallest absolute Gasteiger partial charge is 0.0809 e. The van der Waals surface area contributed by atoms with Crippen molar-refractivity contribution in [2.45, 2.75) is 43.9 Å². The van der Waals surface area contributed by atoms with Crippen molar-refractivity contribution in [1.82, 2.24) is 5.32 Å². The van der Waals surface area contributed by atoms with E-state index in [1.165, 1.54) is 17.5 Å². The lowest BCUT2D eigenvalue weighted by Gasteiger charge is -2.34. The number of aryl methyl sites for hydroxylation is 1. The van der Waals surface area contributed by atoms with Crippen LogP contribution in [0, 0.1) is 0 Å². The predicted octanol–water partition coefficient (Wildman–Crippen LogP) is 2.46. The van der Waals surface area contributed by atoms with E-state index in [-0.39, 0.29) is 6.10 Å². The maximum atomic E-state index is 6.14. The van der Waals surface area contributed by atoms with Gasteiger partial charge in [0.05, 0.1) is 24.9 Å². The molecule has 3 unspecified atom stereocenters. The largest absolute Gasteiger partial charge is 0.376 e. The molecule has 0 aromatic heterocycles. The van der Waals surface area contributed by atoms with E-state index in [2.05, 4.69) is 29.6 Å². The first-order chi connectivity index (χ1) is 9.38. The zero-order valence-corrected chi connectivity index (χ0v) is 11.6. The molecule has 3 rings (SSSR count). The third-order valence-corrected chi connectivity index (χ3v) is 4.29. The van der Waals surface area contributed by atoms with Gasteiger partial charge >= 0.3 is 0 Å². The van der Waals surface area contributed by atoms with Crippen molar-refractivity contribution in [2.24, 2.45) is 0 Å². The third kappa shape index (κ3) is 2.83. The molecule has 0 radical (unpaired) electrons. The first-order valence-corrected chi connectivity index (χ1v) is 7.37. The zero-order valence-electron chi connectivity index (χ0n) is 11.6. The van der Waals surface area contributed by atoms with Gasteiger partial charge in [-0.2, -0.15) is 0 Å². The first-order valence-electron chi connectivity index (χ1n) is 7.37. The highest BCUT2D eigenvalue weighted by Crippen LogP contribution is 2.31. The Kier molecular flexibility index (Phi) is 4.16. The summed E-state index contributed by atoms with van der Waals surface area (Å²) in [6.45, 7) is 1.64. The van der Waals surface area contributed by atoms with Gasteiger partial charge in [0.15, 0.2) is 0 Å². The Labute approximate surface area is 115 Å². The molecule has 1 aliphatic carbocycles. The van der Waals surface area contributed by atoms with Gasteiger partial charge in [0.2, 0.25) is 0 Å². The van der Waals surface area contributed by atoms with E-state index in [0.717, 1.165) is 32.5 Å². The molecular weight excluding hydrogens is 238 g/mol. The van der Waals surface area contributed by atoms with Crippen LogP contribution in [0.15, 0.2) is 24.3 Å². The van der Waals surface area contributed by atoms with Crippen LogP contribution in [-0.2, 0) is 15.9 Å². The third-order valence-electron chi connectivity index (χ3n) is 4.29. The monoisotopic (exact) mass is 261 g/mol. The molecule has 3 nitrogen and oxygen atoms in total. The Hall–Kier alpha value is -0.900. The average Bonchev–Trinajstić information content (AvgIpc) is 2.97. The summed E-state index contributed by atoms with van der Waals surface area (Å²) in [6.07, 6.45) is 5.11. The summed E-state index contributed by atoms with van der Waals surface area (Å²) in [7, 11) is 2.02. The van der Waals surface area contributed by atoms with Crippen LogP contribution in [0.5, 0.6) is 0 Å². The molecule has 104 valence electrons. The second kappa shape index (κ2) is 6.04. The normalized spacial score (nSPS) is 30.3. The molecule has 3 atom stereocenters. The Bertz CT molecular complexity index is 415. The fourth-order valence-corrected chi connectivity index (χ4v) is 3.26. The maximum Gasteiger partial charge on any atom is 0.0809 e. The van der Waals surface area contributed by atoms with Crippen LogP contribution < -0.4 is 5.32 Å². The molecule has 0 saturated carbocycles. The molecule has 1 aromatic carbocycles. The molecule has 0 bridgehead atoms. The summed E-state index contributed by atoms with van der Waals surface area (Å²) in [5.41, 5.74) is 2.85. The Morgan fingerprint density at radius 3 is 3.00 bits per heavy atom. The molecule has 0 spiro atoms. The minimum atomic E-state index is 0.268. The minimum Gasteiger partial charge on any atom is -0.376 e. The van der Waals surface area contributed by atoms with Crippen molar-refractivity contribution in [3.63, 3.8) is 0 Å². The van der Waals surface area contributed by atoms with Crippen LogP contribution in [0.4, 0.5) is 0 Å². The highest BCUT2D eigenvalue weighted by molar-refractivity contribution is 5.33. The second-order valence-corrected chi connectivity index (χ2v) is 5.51. The van der Waals surface area contributed by atoms with Gasteiger partial charge in [-0.25, -0.2) is 0 Å². The molecule has 1 aliphatic heterocycles. The van der Waals surface area contributed by atoms with Crippen LogP contribution in [-0.4, -0.2) is 32.5 Å². The predicted molar refractivity (Wildman–Crippen MR) is 75.3 cm³/mol. The van der Waals surface area contributed by atoms with Gasteiger partial charge in [0.1, 0.15) is 0 Å². The lowest BCUT2D eigenvalue weighted by atomic mass is 9.85. The summed E-state index contributed by atoms with van der Waals surface area (Å²) < 4.78 is 11.8. The summed E-state index contributed by atoms with van der Waals surface area (Å²) in [5, 5.41) is 3.42. The second-order valence-electron chi connectivity index (χ2n) is 5.51. The number of nitrogens with one attached hydrogen (secondary N) is 1. The SMILES string of the molecule is CNC1c2ccccc2CCC1OCC1CCCO1. The fourth-order valence-electron chi connectivity index (χ4n) is 3.26. The van der Waals surface area contributed by atoms with Crippen molar-refractivity contribution >= 4 is 0 Å². The number of hydrogen-bond acceptors (Lipinski definition) is 3. The average molecular weight is 261 g/mol. The lowest BCUT2D eigenvalue weighted by molar-refractivity contribution is -0.0389. The summed E-state index contributed by atoms with van der Waals surface area (Å²) in [5.74, 6) is 0. The van der Waals surface area contributed by atoms with Crippen LogP contribution in [0.3, 0.4) is 0 Å². The van der Waals surface area contributed by atoms with E-state index in [0.29, 0.717) is 12.1 Å². The van der Waals surface area contributed by atoms with E-state index in [9.17, 15) is 0 Å². The van der Waals surface area contributed by atoms with E-state index in [1.807, 2.05) is 7.05 Å². The maximum absolute atomic E-state index is 6.14. The molecule has 1 saturated heterocycles. The molecule has 3 heteroatoms. The Morgan fingerprint density at radius 2 is 2.21 bits per heavy atom. The lowest BCUT2D eigenvalue weighted by Crippen LogP contribution is -2.37. The van der Waals surface area contributed by atoms with Crippen LogP contribution in [0.1, 0.15) is 36.4 Å². The molecule has 1 fully saturated rings. The van der Waals surface area contributed by atoms with E-state index in [1.54, 1.807) is 0 Å². The fraction of sp³-hybridized carbons (Fsp3) is 0.625. The van der Waals surface area contributed by atoms with Gasteiger partial charge in [-0.05, 0) is 43.9 Å². The molecule has 19 heavy (non-hydrogen) atoms. The number of fused-ring (bicyclic) bond motifs is 1. The van der Waals surface area contributed by atoms with Gasteiger partial charge in [-0.15, -0.1) is 0 Å². The van der Waals surface area contributed by atoms with Crippen LogP contribution >= 0.6 is 0 Å². The van der Waals surface area contributed by atoms with Gasteiger partial charge in [0.25, 0.3) is 0 Å². The highest BCUT2D eigenvalue weighted by atomic mass is 16.5. The quantitative estimate of drug-likeness (QED) is 0.903. The molecule has 1 N–H and O–H groups in total. The number of ether oxygens (including phenoxy) is 2. The topological polar surface area (TPSA) is 30.5 Å². The van der Waals surface area contributed by atoms with Gasteiger partial charge in [-0.3, -0.25) is 0 Å². The first kappa shape index (κ1) is 13.1. The molecule has 2 aliphatic rings. The number of hydrogen-bond donors (Lipinski definition) is 1. The van der Waals surface area contributed by atoms with E-state index in [4.69, 9.17) is 9.47 Å². The molecule has 1 heterocycles. The Morgan fingerprint density at radius 1 is 1.32 bits per heavy atom. The van der Waals surface area contributed by atoms with Gasteiger partial charge in [-0.1, -0.05) is 24.3 Å². The van der Waals surface area contributed by atoms with Gasteiger partial charge < -0.3 is 14.8 Å². The van der Waals surface area contributed by atoms with E-state index >= 15 is 0 Å². The number of likely N-dealkylation sites (N-methyl/N-ethyl adjacent to an activating group) is 1. The van der Waals surface area contributed by atoms with Crippen molar-refractivity contribution in [2.75, 3.05) is 20.3 Å². The zero-order chi connectivity index (χ0) is 13.1. The minimum absolute atomic E-state index is 0.268. The highest BCUT2D eigenvalue weighted by Gasteiger charge is 2.29. The van der Waals surface area contributed by atoms with Crippen molar-refractivity contribution < 1.29 is 9.47 Å². The van der Waals surface area contributed by atoms with Crippen LogP contribution in [0.25, 0.3) is 0 Å². The molecule has 0 amide bonds. The molecule has 1 aromatic rings. The Balaban J connectivity index is 1.65. The van der Waals surface area contributed by atoms with E-state index < -0.39 is 0 Å². The standard InChI is InChI=1S/C16H23NO2/c1-17-16-14-7-3-2-5-12(14)8-9-15(16)19-11-13-6-4-10-18-13/h2-3,5,7,13,15-17H,4,6,8-11H2,1H3.